The van der Waals surface area contributed by atoms with E-state index in [1.807, 2.05) is 18.2 Å². The molecule has 1 aromatic carbocycles. The number of benzene rings is 1. The van der Waals surface area contributed by atoms with Gasteiger partial charge in [-0.05, 0) is 28.5 Å². The second-order valence-electron chi connectivity index (χ2n) is 6.55. The number of carbonyl (C=O) groups excluding carboxylic acids is 3. The summed E-state index contributed by atoms with van der Waals surface area (Å²) in [6, 6.07) is 6.12. The summed E-state index contributed by atoms with van der Waals surface area (Å²) in [5.74, 6) is -0.895. The summed E-state index contributed by atoms with van der Waals surface area (Å²) in [4.78, 5) is 34.6. The fourth-order valence-electron chi connectivity index (χ4n) is 2.81. The Balaban J connectivity index is 2.11. The molecule has 1 aromatic rings. The first-order chi connectivity index (χ1) is 11.3. The molecule has 1 aliphatic rings. The second kappa shape index (κ2) is 7.43. The Hall–Kier alpha value is -2.43. The Bertz CT molecular complexity index is 675. The summed E-state index contributed by atoms with van der Waals surface area (Å²) >= 11 is 0. The van der Waals surface area contributed by atoms with Crippen LogP contribution < -0.4 is 5.32 Å². The van der Waals surface area contributed by atoms with Gasteiger partial charge in [-0.1, -0.05) is 45.9 Å². The Labute approximate surface area is 142 Å². The summed E-state index contributed by atoms with van der Waals surface area (Å²) < 4.78 is 5.38. The molecule has 0 saturated heterocycles. The van der Waals surface area contributed by atoms with Crippen molar-refractivity contribution in [2.75, 3.05) is 0 Å². The average Bonchev–Trinajstić information content (AvgIpc) is 2.82. The van der Waals surface area contributed by atoms with Crippen molar-refractivity contribution in [3.05, 3.63) is 46.5 Å². The number of carbonyl (C=O) groups is 3. The van der Waals surface area contributed by atoms with Crippen LogP contribution in [0.5, 0.6) is 0 Å². The van der Waals surface area contributed by atoms with E-state index in [2.05, 4.69) is 33.0 Å². The second-order valence-corrected chi connectivity index (χ2v) is 6.55. The number of ether oxygens (including phenoxy) is 1. The van der Waals surface area contributed by atoms with Crippen molar-refractivity contribution in [3.8, 4) is 0 Å². The lowest BCUT2D eigenvalue weighted by atomic mass is 9.89. The van der Waals surface area contributed by atoms with Gasteiger partial charge >= 0.3 is 5.97 Å². The summed E-state index contributed by atoms with van der Waals surface area (Å²) in [5, 5.41) is 2.12. The van der Waals surface area contributed by atoms with Crippen LogP contribution in [0.25, 0.3) is 0 Å². The lowest BCUT2D eigenvalue weighted by Crippen LogP contribution is -2.23. The van der Waals surface area contributed by atoms with E-state index in [1.54, 1.807) is 0 Å². The Kier molecular flexibility index (Phi) is 5.54. The first-order valence-corrected chi connectivity index (χ1v) is 8.12. The number of hydrogen-bond acceptors (Lipinski definition) is 4. The van der Waals surface area contributed by atoms with Gasteiger partial charge in [-0.2, -0.15) is 0 Å². The van der Waals surface area contributed by atoms with E-state index in [-0.39, 0.29) is 18.6 Å². The molecule has 2 amide bonds. The Morgan fingerprint density at radius 3 is 2.12 bits per heavy atom. The number of imide groups is 1. The van der Waals surface area contributed by atoms with E-state index in [9.17, 15) is 14.4 Å². The van der Waals surface area contributed by atoms with Gasteiger partial charge in [0.05, 0.1) is 6.42 Å². The number of esters is 1. The van der Waals surface area contributed by atoms with Gasteiger partial charge in [0.1, 0.15) is 6.61 Å². The van der Waals surface area contributed by atoms with Gasteiger partial charge in [0.2, 0.25) is 0 Å². The topological polar surface area (TPSA) is 72.5 Å². The summed E-state index contributed by atoms with van der Waals surface area (Å²) in [7, 11) is 0. The highest BCUT2D eigenvalue weighted by molar-refractivity contribution is 6.17. The monoisotopic (exact) mass is 329 g/mol. The maximum atomic E-state index is 12.0. The van der Waals surface area contributed by atoms with Crippen molar-refractivity contribution in [3.63, 3.8) is 0 Å². The molecule has 5 nitrogen and oxygen atoms in total. The third kappa shape index (κ3) is 4.10. The molecular weight excluding hydrogens is 306 g/mol. The highest BCUT2D eigenvalue weighted by Crippen LogP contribution is 2.28. The molecule has 0 atom stereocenters. The highest BCUT2D eigenvalue weighted by Gasteiger charge is 2.24. The van der Waals surface area contributed by atoms with Crippen LogP contribution >= 0.6 is 0 Å². The van der Waals surface area contributed by atoms with Crippen molar-refractivity contribution in [1.82, 2.24) is 5.32 Å². The maximum Gasteiger partial charge on any atom is 0.310 e. The molecule has 2 rings (SSSR count). The lowest BCUT2D eigenvalue weighted by Gasteiger charge is -2.19. The van der Waals surface area contributed by atoms with Gasteiger partial charge in [-0.25, -0.2) is 0 Å². The molecule has 5 heteroatoms. The van der Waals surface area contributed by atoms with Crippen molar-refractivity contribution >= 4 is 17.8 Å². The van der Waals surface area contributed by atoms with Crippen molar-refractivity contribution in [2.45, 2.75) is 52.6 Å². The molecule has 0 fully saturated rings. The molecule has 0 aliphatic carbocycles. The zero-order valence-corrected chi connectivity index (χ0v) is 14.5. The van der Waals surface area contributed by atoms with Crippen LogP contribution in [0, 0.1) is 0 Å². The molecule has 0 spiro atoms. The molecule has 0 bridgehead atoms. The van der Waals surface area contributed by atoms with E-state index in [1.165, 1.54) is 0 Å². The molecule has 0 saturated carbocycles. The molecular formula is C19H23NO4. The summed E-state index contributed by atoms with van der Waals surface area (Å²) in [6.07, 6.45) is 0.948. The zero-order valence-electron chi connectivity index (χ0n) is 14.5. The fourth-order valence-corrected chi connectivity index (χ4v) is 2.81. The van der Waals surface area contributed by atoms with Crippen LogP contribution in [0.3, 0.4) is 0 Å². The standard InChI is InChI=1S/C19H23NO4/c1-11(2)14-6-5-7-15(12(3)4)16(14)10-24-18(22)9-13-8-17(21)20-19(13)23/h5-8,11-12H,9-10H2,1-4H3,(H,20,21,23). The first-order valence-electron chi connectivity index (χ1n) is 8.12. The molecule has 0 unspecified atom stereocenters. The van der Waals surface area contributed by atoms with Gasteiger partial charge in [0.15, 0.2) is 0 Å². The maximum absolute atomic E-state index is 12.0. The predicted molar refractivity (Wildman–Crippen MR) is 90.3 cm³/mol. The van der Waals surface area contributed by atoms with Gasteiger partial charge in [-0.15, -0.1) is 0 Å². The smallest absolute Gasteiger partial charge is 0.310 e. The number of rotatable bonds is 6. The molecule has 1 heterocycles. The van der Waals surface area contributed by atoms with E-state index >= 15 is 0 Å². The zero-order chi connectivity index (χ0) is 17.9. The molecule has 0 aromatic heterocycles. The van der Waals surface area contributed by atoms with E-state index in [4.69, 9.17) is 4.74 Å². The summed E-state index contributed by atoms with van der Waals surface area (Å²) in [6.45, 7) is 8.58. The van der Waals surface area contributed by atoms with E-state index in [0.717, 1.165) is 22.8 Å². The minimum atomic E-state index is -0.526. The van der Waals surface area contributed by atoms with Gasteiger partial charge in [-0.3, -0.25) is 19.7 Å². The average molecular weight is 329 g/mol. The third-order valence-electron chi connectivity index (χ3n) is 4.04. The van der Waals surface area contributed by atoms with Gasteiger partial charge in [0.25, 0.3) is 11.8 Å². The third-order valence-corrected chi connectivity index (χ3v) is 4.04. The van der Waals surface area contributed by atoms with Crippen molar-refractivity contribution in [1.29, 1.82) is 0 Å². The lowest BCUT2D eigenvalue weighted by molar-refractivity contribution is -0.144. The Morgan fingerprint density at radius 2 is 1.67 bits per heavy atom. The van der Waals surface area contributed by atoms with Crippen LogP contribution in [0.2, 0.25) is 0 Å². The van der Waals surface area contributed by atoms with Gasteiger partial charge in [0, 0.05) is 11.6 Å². The normalized spacial score (nSPS) is 14.2. The molecule has 1 N–H and O–H groups in total. The minimum Gasteiger partial charge on any atom is -0.461 e. The van der Waals surface area contributed by atoms with E-state index < -0.39 is 17.8 Å². The van der Waals surface area contributed by atoms with Crippen LogP contribution in [0.15, 0.2) is 29.8 Å². The molecule has 1 aliphatic heterocycles. The number of amides is 2. The van der Waals surface area contributed by atoms with E-state index in [0.29, 0.717) is 11.8 Å². The van der Waals surface area contributed by atoms with Crippen LogP contribution in [0.4, 0.5) is 0 Å². The fraction of sp³-hybridized carbons (Fsp3) is 0.421. The summed E-state index contributed by atoms with van der Waals surface area (Å²) in [5.41, 5.74) is 3.48. The first kappa shape index (κ1) is 17.9. The van der Waals surface area contributed by atoms with Crippen LogP contribution in [-0.2, 0) is 25.7 Å². The molecule has 24 heavy (non-hydrogen) atoms. The SMILES string of the molecule is CC(C)c1cccc(C(C)C)c1COC(=O)CC1=CC(=O)NC1=O. The van der Waals surface area contributed by atoms with Crippen molar-refractivity contribution < 1.29 is 19.1 Å². The van der Waals surface area contributed by atoms with Crippen molar-refractivity contribution in [2.24, 2.45) is 0 Å². The molecule has 0 radical (unpaired) electrons. The Morgan fingerprint density at radius 1 is 1.08 bits per heavy atom. The number of nitrogens with one attached hydrogen (secondary N) is 1. The largest absolute Gasteiger partial charge is 0.461 e. The quantitative estimate of drug-likeness (QED) is 0.643. The van der Waals surface area contributed by atoms with Crippen LogP contribution in [-0.4, -0.2) is 17.8 Å². The molecule has 128 valence electrons. The van der Waals surface area contributed by atoms with Gasteiger partial charge < -0.3 is 4.74 Å². The van der Waals surface area contributed by atoms with Crippen LogP contribution in [0.1, 0.15) is 62.6 Å². The highest BCUT2D eigenvalue weighted by atomic mass is 16.5. The number of hydrogen-bond donors (Lipinski definition) is 1. The predicted octanol–water partition coefficient (Wildman–Crippen LogP) is 2.95. The minimum absolute atomic E-state index is 0.145.